The molecule has 3 nitrogen and oxygen atoms in total. The SMILES string of the molecule is OCCCNCc1nccc2ccccc12. The third-order valence-electron chi connectivity index (χ3n) is 2.56. The van der Waals surface area contributed by atoms with Gasteiger partial charge in [-0.1, -0.05) is 24.3 Å². The lowest BCUT2D eigenvalue weighted by Gasteiger charge is -2.06. The van der Waals surface area contributed by atoms with Gasteiger partial charge in [-0.2, -0.15) is 0 Å². The largest absolute Gasteiger partial charge is 0.396 e. The summed E-state index contributed by atoms with van der Waals surface area (Å²) in [5.41, 5.74) is 1.07. The van der Waals surface area contributed by atoms with Crippen LogP contribution in [0.1, 0.15) is 12.1 Å². The molecule has 84 valence electrons. The van der Waals surface area contributed by atoms with Crippen LogP contribution in [-0.2, 0) is 6.54 Å². The minimum atomic E-state index is 0.232. The molecule has 0 aliphatic rings. The molecular weight excluding hydrogens is 200 g/mol. The van der Waals surface area contributed by atoms with E-state index < -0.39 is 0 Å². The molecule has 0 saturated carbocycles. The van der Waals surface area contributed by atoms with Crippen molar-refractivity contribution in [2.75, 3.05) is 13.2 Å². The van der Waals surface area contributed by atoms with E-state index in [0.717, 1.165) is 25.2 Å². The first-order chi connectivity index (χ1) is 7.92. The summed E-state index contributed by atoms with van der Waals surface area (Å²) in [6.07, 6.45) is 2.62. The first-order valence-corrected chi connectivity index (χ1v) is 5.56. The maximum atomic E-state index is 8.68. The van der Waals surface area contributed by atoms with Crippen LogP contribution in [0, 0.1) is 0 Å². The lowest BCUT2D eigenvalue weighted by atomic mass is 10.1. The average molecular weight is 216 g/mol. The molecule has 0 unspecified atom stereocenters. The van der Waals surface area contributed by atoms with Crippen molar-refractivity contribution in [3.8, 4) is 0 Å². The predicted octanol–water partition coefficient (Wildman–Crippen LogP) is 1.71. The van der Waals surface area contributed by atoms with Gasteiger partial charge >= 0.3 is 0 Å². The second-order valence-electron chi connectivity index (χ2n) is 3.73. The van der Waals surface area contributed by atoms with E-state index in [0.29, 0.717) is 0 Å². The van der Waals surface area contributed by atoms with Gasteiger partial charge in [-0.05, 0) is 24.4 Å². The van der Waals surface area contributed by atoms with E-state index in [1.54, 1.807) is 0 Å². The molecule has 1 heterocycles. The minimum Gasteiger partial charge on any atom is -0.396 e. The highest BCUT2D eigenvalue weighted by atomic mass is 16.3. The monoisotopic (exact) mass is 216 g/mol. The number of nitrogens with zero attached hydrogens (tertiary/aromatic N) is 1. The van der Waals surface area contributed by atoms with Crippen LogP contribution in [0.3, 0.4) is 0 Å². The van der Waals surface area contributed by atoms with Gasteiger partial charge in [0.25, 0.3) is 0 Å². The predicted molar refractivity (Wildman–Crippen MR) is 65.2 cm³/mol. The van der Waals surface area contributed by atoms with Crippen LogP contribution in [0.5, 0.6) is 0 Å². The molecule has 16 heavy (non-hydrogen) atoms. The Hall–Kier alpha value is -1.45. The van der Waals surface area contributed by atoms with Crippen molar-refractivity contribution < 1.29 is 5.11 Å². The number of aliphatic hydroxyl groups excluding tert-OH is 1. The molecule has 0 fully saturated rings. The summed E-state index contributed by atoms with van der Waals surface area (Å²) in [6.45, 7) is 1.80. The summed E-state index contributed by atoms with van der Waals surface area (Å²) in [4.78, 5) is 4.38. The van der Waals surface area contributed by atoms with Gasteiger partial charge in [0.05, 0.1) is 5.69 Å². The Balaban J connectivity index is 2.11. The zero-order valence-electron chi connectivity index (χ0n) is 9.19. The maximum absolute atomic E-state index is 8.68. The third-order valence-corrected chi connectivity index (χ3v) is 2.56. The first-order valence-electron chi connectivity index (χ1n) is 5.56. The number of aliphatic hydroxyl groups is 1. The summed E-state index contributed by atoms with van der Waals surface area (Å²) in [5.74, 6) is 0. The Labute approximate surface area is 95.1 Å². The fourth-order valence-corrected chi connectivity index (χ4v) is 1.73. The number of hydrogen-bond donors (Lipinski definition) is 2. The van der Waals surface area contributed by atoms with Gasteiger partial charge in [-0.15, -0.1) is 0 Å². The molecule has 0 bridgehead atoms. The van der Waals surface area contributed by atoms with Gasteiger partial charge < -0.3 is 10.4 Å². The molecule has 0 saturated heterocycles. The van der Waals surface area contributed by atoms with E-state index in [2.05, 4.69) is 22.4 Å². The molecule has 1 aromatic carbocycles. The fourth-order valence-electron chi connectivity index (χ4n) is 1.73. The quantitative estimate of drug-likeness (QED) is 0.748. The molecule has 1 aromatic heterocycles. The highest BCUT2D eigenvalue weighted by Gasteiger charge is 2.00. The Morgan fingerprint density at radius 1 is 1.19 bits per heavy atom. The van der Waals surface area contributed by atoms with Gasteiger partial charge in [0.2, 0.25) is 0 Å². The molecule has 2 N–H and O–H groups in total. The number of fused-ring (bicyclic) bond motifs is 1. The maximum Gasteiger partial charge on any atom is 0.0619 e. The summed E-state index contributed by atoms with van der Waals surface area (Å²) < 4.78 is 0. The summed E-state index contributed by atoms with van der Waals surface area (Å²) in [6, 6.07) is 10.3. The second kappa shape index (κ2) is 5.58. The van der Waals surface area contributed by atoms with Crippen LogP contribution >= 0.6 is 0 Å². The Morgan fingerprint density at radius 2 is 2.06 bits per heavy atom. The van der Waals surface area contributed by atoms with Crippen LogP contribution < -0.4 is 5.32 Å². The van der Waals surface area contributed by atoms with Crippen LogP contribution in [0.15, 0.2) is 36.5 Å². The van der Waals surface area contributed by atoms with Gasteiger partial charge in [0.1, 0.15) is 0 Å². The molecule has 0 atom stereocenters. The van der Waals surface area contributed by atoms with E-state index in [1.165, 1.54) is 10.8 Å². The third kappa shape index (κ3) is 2.56. The van der Waals surface area contributed by atoms with Crippen molar-refractivity contribution in [1.82, 2.24) is 10.3 Å². The number of rotatable bonds is 5. The van der Waals surface area contributed by atoms with E-state index in [1.807, 2.05) is 24.4 Å². The van der Waals surface area contributed by atoms with E-state index >= 15 is 0 Å². The van der Waals surface area contributed by atoms with Crippen molar-refractivity contribution in [3.63, 3.8) is 0 Å². The van der Waals surface area contributed by atoms with Gasteiger partial charge in [-0.25, -0.2) is 0 Å². The highest BCUT2D eigenvalue weighted by Crippen LogP contribution is 2.15. The standard InChI is InChI=1S/C13H16N2O/c16-9-3-7-14-10-13-12-5-2-1-4-11(12)6-8-15-13/h1-2,4-6,8,14,16H,3,7,9-10H2. The van der Waals surface area contributed by atoms with E-state index in [9.17, 15) is 0 Å². The molecule has 0 amide bonds. The molecule has 0 radical (unpaired) electrons. The Kier molecular flexibility index (Phi) is 3.86. The zero-order chi connectivity index (χ0) is 11.2. The summed E-state index contributed by atoms with van der Waals surface area (Å²) in [5, 5.41) is 14.4. The van der Waals surface area contributed by atoms with Crippen LogP contribution in [0.2, 0.25) is 0 Å². The molecule has 3 heteroatoms. The number of pyridine rings is 1. The highest BCUT2D eigenvalue weighted by molar-refractivity contribution is 5.84. The molecule has 2 rings (SSSR count). The first kappa shape index (κ1) is 11.0. The van der Waals surface area contributed by atoms with E-state index in [4.69, 9.17) is 5.11 Å². The van der Waals surface area contributed by atoms with Gasteiger partial charge in [0.15, 0.2) is 0 Å². The van der Waals surface area contributed by atoms with Crippen molar-refractivity contribution >= 4 is 10.8 Å². The van der Waals surface area contributed by atoms with Crippen LogP contribution in [0.4, 0.5) is 0 Å². The zero-order valence-corrected chi connectivity index (χ0v) is 9.19. The molecule has 0 aliphatic carbocycles. The van der Waals surface area contributed by atoms with Gasteiger partial charge in [-0.3, -0.25) is 4.98 Å². The molecule has 0 aliphatic heterocycles. The number of hydrogen-bond acceptors (Lipinski definition) is 3. The van der Waals surface area contributed by atoms with Crippen molar-refractivity contribution in [1.29, 1.82) is 0 Å². The second-order valence-corrected chi connectivity index (χ2v) is 3.73. The number of aromatic nitrogens is 1. The molecular formula is C13H16N2O. The van der Waals surface area contributed by atoms with Gasteiger partial charge in [0, 0.05) is 24.7 Å². The number of benzene rings is 1. The smallest absolute Gasteiger partial charge is 0.0619 e. The van der Waals surface area contributed by atoms with Crippen molar-refractivity contribution in [2.24, 2.45) is 0 Å². The normalized spacial score (nSPS) is 10.8. The summed E-state index contributed by atoms with van der Waals surface area (Å²) in [7, 11) is 0. The Bertz CT molecular complexity index is 451. The fraction of sp³-hybridized carbons (Fsp3) is 0.308. The van der Waals surface area contributed by atoms with E-state index in [-0.39, 0.29) is 6.61 Å². The van der Waals surface area contributed by atoms with Crippen molar-refractivity contribution in [3.05, 3.63) is 42.2 Å². The van der Waals surface area contributed by atoms with Crippen LogP contribution in [0.25, 0.3) is 10.8 Å². The molecule has 0 spiro atoms. The number of nitrogens with one attached hydrogen (secondary N) is 1. The average Bonchev–Trinajstić information content (AvgIpc) is 2.35. The minimum absolute atomic E-state index is 0.232. The lowest BCUT2D eigenvalue weighted by molar-refractivity contribution is 0.286. The molecule has 2 aromatic rings. The summed E-state index contributed by atoms with van der Waals surface area (Å²) >= 11 is 0. The Morgan fingerprint density at radius 3 is 2.94 bits per heavy atom. The van der Waals surface area contributed by atoms with Crippen LogP contribution in [-0.4, -0.2) is 23.2 Å². The van der Waals surface area contributed by atoms with Crippen molar-refractivity contribution in [2.45, 2.75) is 13.0 Å². The topological polar surface area (TPSA) is 45.1 Å². The lowest BCUT2D eigenvalue weighted by Crippen LogP contribution is -2.16.